The Morgan fingerprint density at radius 2 is 2.30 bits per heavy atom. The topological polar surface area (TPSA) is 95.1 Å². The lowest BCUT2D eigenvalue weighted by molar-refractivity contribution is -0.121. The summed E-state index contributed by atoms with van der Waals surface area (Å²) in [5.74, 6) is -0.425. The van der Waals surface area contributed by atoms with E-state index in [9.17, 15) is 14.9 Å². The van der Waals surface area contributed by atoms with Gasteiger partial charge in [0, 0.05) is 10.9 Å². The number of carbonyl (C=O) groups excluding carboxylic acids is 2. The summed E-state index contributed by atoms with van der Waals surface area (Å²) < 4.78 is 6.16. The van der Waals surface area contributed by atoms with Crippen molar-refractivity contribution in [2.45, 2.75) is 12.3 Å². The van der Waals surface area contributed by atoms with Crippen LogP contribution in [0.25, 0.3) is 0 Å². The number of nitriles is 1. The molecule has 2 heterocycles. The Morgan fingerprint density at radius 3 is 2.96 bits per heavy atom. The Morgan fingerprint density at radius 1 is 1.48 bits per heavy atom. The van der Waals surface area contributed by atoms with Crippen molar-refractivity contribution in [3.63, 3.8) is 0 Å². The number of allylic oxidation sites excluding steroid dienone is 1. The van der Waals surface area contributed by atoms with Gasteiger partial charge in [-0.2, -0.15) is 5.26 Å². The van der Waals surface area contributed by atoms with Crippen LogP contribution in [0.15, 0.2) is 56.1 Å². The third-order valence-electron chi connectivity index (χ3n) is 3.80. The molecule has 1 aromatic carbocycles. The predicted molar refractivity (Wildman–Crippen MR) is 107 cm³/mol. The summed E-state index contributed by atoms with van der Waals surface area (Å²) in [4.78, 5) is 24.3. The number of carbonyl (C=O) groups is 2. The van der Waals surface area contributed by atoms with Crippen molar-refractivity contribution in [3.05, 3.63) is 62.5 Å². The molecule has 27 heavy (non-hydrogen) atoms. The normalized spacial score (nSPS) is 16.6. The second-order valence-electron chi connectivity index (χ2n) is 5.64. The second-order valence-corrected chi connectivity index (χ2v) is 7.94. The van der Waals surface area contributed by atoms with Crippen LogP contribution in [0.2, 0.25) is 5.02 Å². The standard InChI is InChI=1S/C18H13BrClN3O3S/c19-10-3-4-14(13(20)6-10)22-17(25)9-27-18-12(8-21)11(7-16(24)23-18)15-2-1-5-26-15/h1-6,11H,7,9H2,(H,22,25)(H,23,24)/t11-/m0/s1. The third kappa shape index (κ3) is 4.75. The number of nitrogens with one attached hydrogen (secondary N) is 2. The summed E-state index contributed by atoms with van der Waals surface area (Å²) in [5.41, 5.74) is 0.866. The largest absolute Gasteiger partial charge is 0.469 e. The van der Waals surface area contributed by atoms with Crippen LogP contribution in [0, 0.1) is 11.3 Å². The van der Waals surface area contributed by atoms with Crippen LogP contribution in [0.4, 0.5) is 5.69 Å². The first kappa shape index (κ1) is 19.5. The number of nitrogens with zero attached hydrogens (tertiary/aromatic N) is 1. The van der Waals surface area contributed by atoms with E-state index in [0.717, 1.165) is 16.2 Å². The predicted octanol–water partition coefficient (Wildman–Crippen LogP) is 4.41. The van der Waals surface area contributed by atoms with Crippen LogP contribution in [0.3, 0.4) is 0 Å². The molecule has 2 N–H and O–H groups in total. The number of hydrogen-bond donors (Lipinski definition) is 2. The monoisotopic (exact) mass is 465 g/mol. The minimum absolute atomic E-state index is 0.0120. The Bertz CT molecular complexity index is 953. The fraction of sp³-hybridized carbons (Fsp3) is 0.167. The zero-order valence-corrected chi connectivity index (χ0v) is 17.0. The van der Waals surface area contributed by atoms with Crippen LogP contribution in [0.5, 0.6) is 0 Å². The van der Waals surface area contributed by atoms with E-state index in [1.165, 1.54) is 6.26 Å². The van der Waals surface area contributed by atoms with Gasteiger partial charge in [-0.3, -0.25) is 9.59 Å². The van der Waals surface area contributed by atoms with Crippen molar-refractivity contribution in [2.75, 3.05) is 11.1 Å². The van der Waals surface area contributed by atoms with E-state index in [1.54, 1.807) is 30.3 Å². The zero-order valence-electron chi connectivity index (χ0n) is 13.8. The SMILES string of the molecule is N#CC1=C(SCC(=O)Nc2ccc(Br)cc2Cl)NC(=O)C[C@@H]1c1ccco1. The van der Waals surface area contributed by atoms with Gasteiger partial charge in [0.05, 0.1) is 45.3 Å². The van der Waals surface area contributed by atoms with Crippen molar-refractivity contribution < 1.29 is 14.0 Å². The zero-order chi connectivity index (χ0) is 19.4. The molecular weight excluding hydrogens is 454 g/mol. The van der Waals surface area contributed by atoms with Crippen molar-refractivity contribution in [1.82, 2.24) is 5.32 Å². The van der Waals surface area contributed by atoms with E-state index < -0.39 is 5.92 Å². The van der Waals surface area contributed by atoms with Crippen LogP contribution < -0.4 is 10.6 Å². The van der Waals surface area contributed by atoms with E-state index in [-0.39, 0.29) is 24.0 Å². The van der Waals surface area contributed by atoms with Crippen molar-refractivity contribution in [1.29, 1.82) is 5.26 Å². The molecule has 2 amide bonds. The maximum atomic E-state index is 12.2. The molecule has 138 valence electrons. The maximum Gasteiger partial charge on any atom is 0.234 e. The molecule has 0 aliphatic carbocycles. The number of hydrogen-bond acceptors (Lipinski definition) is 5. The molecule has 1 aromatic heterocycles. The van der Waals surface area contributed by atoms with E-state index in [1.807, 2.05) is 0 Å². The van der Waals surface area contributed by atoms with Gasteiger partial charge in [-0.05, 0) is 30.3 Å². The highest BCUT2D eigenvalue weighted by Crippen LogP contribution is 2.36. The molecule has 0 saturated carbocycles. The molecule has 2 aromatic rings. The van der Waals surface area contributed by atoms with Gasteiger partial charge >= 0.3 is 0 Å². The lowest BCUT2D eigenvalue weighted by Gasteiger charge is -2.23. The Kier molecular flexibility index (Phi) is 6.26. The van der Waals surface area contributed by atoms with Gasteiger partial charge in [0.1, 0.15) is 5.76 Å². The summed E-state index contributed by atoms with van der Waals surface area (Å²) in [6.45, 7) is 0. The molecule has 0 saturated heterocycles. The smallest absolute Gasteiger partial charge is 0.234 e. The third-order valence-corrected chi connectivity index (χ3v) is 5.62. The van der Waals surface area contributed by atoms with Gasteiger partial charge in [0.25, 0.3) is 0 Å². The average molecular weight is 467 g/mol. The van der Waals surface area contributed by atoms with Crippen LogP contribution in [-0.2, 0) is 9.59 Å². The molecule has 6 nitrogen and oxygen atoms in total. The summed E-state index contributed by atoms with van der Waals surface area (Å²) >= 11 is 10.5. The number of amides is 2. The molecule has 1 atom stereocenters. The Hall–Kier alpha value is -2.21. The highest BCUT2D eigenvalue weighted by Gasteiger charge is 2.31. The van der Waals surface area contributed by atoms with Crippen molar-refractivity contribution in [2.24, 2.45) is 0 Å². The van der Waals surface area contributed by atoms with Gasteiger partial charge < -0.3 is 15.1 Å². The van der Waals surface area contributed by atoms with Gasteiger partial charge in [0.15, 0.2) is 0 Å². The minimum atomic E-state index is -0.453. The molecule has 0 spiro atoms. The summed E-state index contributed by atoms with van der Waals surface area (Å²) in [7, 11) is 0. The van der Waals surface area contributed by atoms with E-state index >= 15 is 0 Å². The number of anilines is 1. The van der Waals surface area contributed by atoms with Gasteiger partial charge in [0.2, 0.25) is 11.8 Å². The molecule has 9 heteroatoms. The molecule has 1 aliphatic rings. The molecule has 3 rings (SSSR count). The van der Waals surface area contributed by atoms with E-state index in [4.69, 9.17) is 16.0 Å². The van der Waals surface area contributed by atoms with Crippen molar-refractivity contribution in [3.8, 4) is 6.07 Å². The van der Waals surface area contributed by atoms with Crippen LogP contribution >= 0.6 is 39.3 Å². The first-order valence-corrected chi connectivity index (χ1v) is 9.99. The number of halogens is 2. The van der Waals surface area contributed by atoms with Crippen LogP contribution in [-0.4, -0.2) is 17.6 Å². The number of benzene rings is 1. The Labute approximate surface area is 173 Å². The lowest BCUT2D eigenvalue weighted by atomic mass is 9.92. The van der Waals surface area contributed by atoms with Crippen LogP contribution in [0.1, 0.15) is 18.1 Å². The van der Waals surface area contributed by atoms with Gasteiger partial charge in [-0.25, -0.2) is 0 Å². The number of furan rings is 1. The lowest BCUT2D eigenvalue weighted by Crippen LogP contribution is -2.31. The summed E-state index contributed by atoms with van der Waals surface area (Å²) in [6, 6.07) is 10.7. The second kappa shape index (κ2) is 8.65. The molecule has 1 aliphatic heterocycles. The first-order valence-electron chi connectivity index (χ1n) is 7.83. The first-order chi connectivity index (χ1) is 13.0. The molecular formula is C18H13BrClN3O3S. The highest BCUT2D eigenvalue weighted by molar-refractivity contribution is 9.10. The fourth-order valence-electron chi connectivity index (χ4n) is 2.58. The quantitative estimate of drug-likeness (QED) is 0.681. The Balaban J connectivity index is 1.72. The highest BCUT2D eigenvalue weighted by atomic mass is 79.9. The molecule has 0 bridgehead atoms. The van der Waals surface area contributed by atoms with Gasteiger partial charge in [-0.15, -0.1) is 0 Å². The molecule has 0 unspecified atom stereocenters. The maximum absolute atomic E-state index is 12.2. The van der Waals surface area contributed by atoms with E-state index in [0.29, 0.717) is 27.1 Å². The summed E-state index contributed by atoms with van der Waals surface area (Å²) in [5, 5.41) is 15.7. The van der Waals surface area contributed by atoms with Gasteiger partial charge in [-0.1, -0.05) is 39.3 Å². The van der Waals surface area contributed by atoms with Crippen molar-refractivity contribution >= 4 is 56.8 Å². The minimum Gasteiger partial charge on any atom is -0.469 e. The number of rotatable bonds is 5. The summed E-state index contributed by atoms with van der Waals surface area (Å²) in [6.07, 6.45) is 1.63. The molecule has 0 radical (unpaired) electrons. The molecule has 0 fully saturated rings. The number of thioether (sulfide) groups is 1. The fourth-order valence-corrected chi connectivity index (χ4v) is 4.18. The van der Waals surface area contributed by atoms with E-state index in [2.05, 4.69) is 32.6 Å². The average Bonchev–Trinajstić information content (AvgIpc) is 3.16.